The lowest BCUT2D eigenvalue weighted by molar-refractivity contribution is 0.0305. The Labute approximate surface area is 83.1 Å². The van der Waals surface area contributed by atoms with E-state index in [1.54, 1.807) is 13.3 Å². The molecule has 1 fully saturated rings. The fraction of sp³-hybridized carbons (Fsp3) is 0.500. The van der Waals surface area contributed by atoms with Gasteiger partial charge in [0.15, 0.2) is 0 Å². The maximum absolute atomic E-state index is 9.55. The van der Waals surface area contributed by atoms with Gasteiger partial charge >= 0.3 is 0 Å². The molecule has 0 spiro atoms. The Hall–Kier alpha value is -1.29. The van der Waals surface area contributed by atoms with Crippen molar-refractivity contribution in [3.63, 3.8) is 0 Å². The zero-order valence-electron chi connectivity index (χ0n) is 8.40. The molecule has 2 heterocycles. The molecule has 0 amide bonds. The van der Waals surface area contributed by atoms with E-state index < -0.39 is 5.60 Å². The molecule has 4 heteroatoms. The van der Waals surface area contributed by atoms with Gasteiger partial charge in [0.25, 0.3) is 0 Å². The molecule has 4 nitrogen and oxygen atoms in total. The summed E-state index contributed by atoms with van der Waals surface area (Å²) in [7, 11) is 1.62. The van der Waals surface area contributed by atoms with Gasteiger partial charge in [-0.15, -0.1) is 0 Å². The zero-order chi connectivity index (χ0) is 10.2. The van der Waals surface area contributed by atoms with E-state index in [-0.39, 0.29) is 0 Å². The van der Waals surface area contributed by atoms with Crippen LogP contribution in [0.3, 0.4) is 0 Å². The minimum Gasteiger partial charge on any atom is -0.495 e. The molecule has 1 aromatic rings. The van der Waals surface area contributed by atoms with Gasteiger partial charge < -0.3 is 14.7 Å². The zero-order valence-corrected chi connectivity index (χ0v) is 8.40. The van der Waals surface area contributed by atoms with Crippen LogP contribution in [0.15, 0.2) is 18.3 Å². The van der Waals surface area contributed by atoms with Crippen molar-refractivity contribution in [1.82, 2.24) is 4.98 Å². The molecule has 0 aliphatic carbocycles. The van der Waals surface area contributed by atoms with Crippen molar-refractivity contribution >= 4 is 5.82 Å². The van der Waals surface area contributed by atoms with Gasteiger partial charge in [-0.05, 0) is 19.1 Å². The molecule has 0 bridgehead atoms. The third kappa shape index (κ3) is 1.65. The van der Waals surface area contributed by atoms with E-state index in [1.165, 1.54) is 0 Å². The van der Waals surface area contributed by atoms with Gasteiger partial charge in [-0.1, -0.05) is 0 Å². The topological polar surface area (TPSA) is 45.6 Å². The standard InChI is InChI=1S/C10H14N2O2/c1-10(13)6-12(7-10)9-4-3-8(14-2)5-11-9/h3-5,13H,6-7H2,1-2H3. The highest BCUT2D eigenvalue weighted by atomic mass is 16.5. The first kappa shape index (κ1) is 9.27. The Bertz CT molecular complexity index is 313. The predicted molar refractivity (Wildman–Crippen MR) is 53.6 cm³/mol. The monoisotopic (exact) mass is 194 g/mol. The van der Waals surface area contributed by atoms with Crippen LogP contribution in [0.25, 0.3) is 0 Å². The Morgan fingerprint density at radius 1 is 1.50 bits per heavy atom. The molecule has 1 aromatic heterocycles. The van der Waals surface area contributed by atoms with Gasteiger partial charge in [0.1, 0.15) is 11.6 Å². The number of ether oxygens (including phenoxy) is 1. The van der Waals surface area contributed by atoms with Crippen LogP contribution in [-0.4, -0.2) is 35.9 Å². The second-order valence-electron chi connectivity index (χ2n) is 3.91. The fourth-order valence-corrected chi connectivity index (χ4v) is 1.62. The fourth-order valence-electron chi connectivity index (χ4n) is 1.62. The van der Waals surface area contributed by atoms with E-state index in [1.807, 2.05) is 24.0 Å². The van der Waals surface area contributed by atoms with Gasteiger partial charge in [-0.2, -0.15) is 0 Å². The van der Waals surface area contributed by atoms with Crippen molar-refractivity contribution in [2.75, 3.05) is 25.1 Å². The molecule has 0 saturated carbocycles. The number of hydrogen-bond donors (Lipinski definition) is 1. The first-order valence-corrected chi connectivity index (χ1v) is 4.58. The number of aliphatic hydroxyl groups is 1. The molecule has 1 aliphatic heterocycles. The van der Waals surface area contributed by atoms with Crippen LogP contribution in [0, 0.1) is 0 Å². The van der Waals surface area contributed by atoms with E-state index >= 15 is 0 Å². The smallest absolute Gasteiger partial charge is 0.137 e. The summed E-state index contributed by atoms with van der Waals surface area (Å²) >= 11 is 0. The summed E-state index contributed by atoms with van der Waals surface area (Å²) in [6, 6.07) is 3.77. The molecule has 76 valence electrons. The molecule has 0 aromatic carbocycles. The van der Waals surface area contributed by atoms with Gasteiger partial charge in [0.2, 0.25) is 0 Å². The number of hydrogen-bond acceptors (Lipinski definition) is 4. The van der Waals surface area contributed by atoms with E-state index in [2.05, 4.69) is 4.98 Å². The third-order valence-corrected chi connectivity index (χ3v) is 2.34. The average Bonchev–Trinajstić information content (AvgIpc) is 2.14. The Morgan fingerprint density at radius 3 is 2.64 bits per heavy atom. The van der Waals surface area contributed by atoms with Crippen LogP contribution in [-0.2, 0) is 0 Å². The van der Waals surface area contributed by atoms with Crippen LogP contribution < -0.4 is 9.64 Å². The Morgan fingerprint density at radius 2 is 2.21 bits per heavy atom. The van der Waals surface area contributed by atoms with Crippen molar-refractivity contribution in [2.45, 2.75) is 12.5 Å². The summed E-state index contributed by atoms with van der Waals surface area (Å²) in [4.78, 5) is 6.25. The van der Waals surface area contributed by atoms with E-state index in [4.69, 9.17) is 4.74 Å². The molecule has 0 radical (unpaired) electrons. The third-order valence-electron chi connectivity index (χ3n) is 2.34. The number of anilines is 1. The van der Waals surface area contributed by atoms with Gasteiger partial charge in [-0.25, -0.2) is 4.98 Å². The molecule has 2 rings (SSSR count). The van der Waals surface area contributed by atoms with Crippen molar-refractivity contribution in [1.29, 1.82) is 0 Å². The summed E-state index contributed by atoms with van der Waals surface area (Å²) in [6.45, 7) is 3.12. The van der Waals surface area contributed by atoms with E-state index in [0.717, 1.165) is 11.6 Å². The Balaban J connectivity index is 2.05. The van der Waals surface area contributed by atoms with Crippen molar-refractivity contribution < 1.29 is 9.84 Å². The predicted octanol–water partition coefficient (Wildman–Crippen LogP) is 0.661. The highest BCUT2D eigenvalue weighted by Gasteiger charge is 2.37. The molecule has 0 atom stereocenters. The quantitative estimate of drug-likeness (QED) is 0.751. The average molecular weight is 194 g/mol. The lowest BCUT2D eigenvalue weighted by Gasteiger charge is -2.44. The minimum absolute atomic E-state index is 0.554. The maximum Gasteiger partial charge on any atom is 0.137 e. The molecule has 1 saturated heterocycles. The largest absolute Gasteiger partial charge is 0.495 e. The Kier molecular flexibility index (Phi) is 2.07. The summed E-state index contributed by atoms with van der Waals surface area (Å²) in [6.07, 6.45) is 1.68. The van der Waals surface area contributed by atoms with Crippen LogP contribution >= 0.6 is 0 Å². The SMILES string of the molecule is COc1ccc(N2CC(C)(O)C2)nc1. The van der Waals surface area contributed by atoms with Crippen molar-refractivity contribution in [2.24, 2.45) is 0 Å². The summed E-state index contributed by atoms with van der Waals surface area (Å²) < 4.78 is 5.01. The van der Waals surface area contributed by atoms with Crippen molar-refractivity contribution in [3.8, 4) is 5.75 Å². The first-order chi connectivity index (χ1) is 6.61. The normalized spacial score (nSPS) is 18.9. The number of nitrogens with zero attached hydrogens (tertiary/aromatic N) is 2. The second-order valence-corrected chi connectivity index (χ2v) is 3.91. The number of β-amino-alcohol motifs (C(OH)–C–C–N with tert-alkyl or cyclic N) is 1. The molecule has 14 heavy (non-hydrogen) atoms. The molecule has 1 N–H and O–H groups in total. The van der Waals surface area contributed by atoms with Crippen LogP contribution in [0.5, 0.6) is 5.75 Å². The lowest BCUT2D eigenvalue weighted by Crippen LogP contribution is -2.60. The highest BCUT2D eigenvalue weighted by Crippen LogP contribution is 2.26. The number of pyridine rings is 1. The van der Waals surface area contributed by atoms with Crippen LogP contribution in [0.1, 0.15) is 6.92 Å². The van der Waals surface area contributed by atoms with E-state index in [9.17, 15) is 5.11 Å². The van der Waals surface area contributed by atoms with Crippen LogP contribution in [0.4, 0.5) is 5.82 Å². The van der Waals surface area contributed by atoms with Crippen LogP contribution in [0.2, 0.25) is 0 Å². The first-order valence-electron chi connectivity index (χ1n) is 4.58. The number of methoxy groups -OCH3 is 1. The second kappa shape index (κ2) is 3.13. The molecule has 1 aliphatic rings. The molecular weight excluding hydrogens is 180 g/mol. The lowest BCUT2D eigenvalue weighted by atomic mass is 9.97. The number of aromatic nitrogens is 1. The summed E-state index contributed by atoms with van der Waals surface area (Å²) in [5, 5.41) is 9.55. The van der Waals surface area contributed by atoms with Gasteiger partial charge in [0, 0.05) is 13.1 Å². The van der Waals surface area contributed by atoms with Gasteiger partial charge in [-0.3, -0.25) is 0 Å². The molecular formula is C10H14N2O2. The maximum atomic E-state index is 9.55. The minimum atomic E-state index is -0.554. The van der Waals surface area contributed by atoms with E-state index in [0.29, 0.717) is 13.1 Å². The summed E-state index contributed by atoms with van der Waals surface area (Å²) in [5.41, 5.74) is -0.554. The molecule has 0 unspecified atom stereocenters. The van der Waals surface area contributed by atoms with Gasteiger partial charge in [0.05, 0.1) is 18.9 Å². The summed E-state index contributed by atoms with van der Waals surface area (Å²) in [5.74, 6) is 1.64. The van der Waals surface area contributed by atoms with Crippen molar-refractivity contribution in [3.05, 3.63) is 18.3 Å². The number of rotatable bonds is 2. The highest BCUT2D eigenvalue weighted by molar-refractivity contribution is 5.45.